The Morgan fingerprint density at radius 2 is 1.65 bits per heavy atom. The van der Waals surface area contributed by atoms with Gasteiger partial charge in [-0.15, -0.1) is 0 Å². The molecular weight excluding hydrogens is 340 g/mol. The Morgan fingerprint density at radius 3 is 2.31 bits per heavy atom. The molecule has 0 spiro atoms. The van der Waals surface area contributed by atoms with Gasteiger partial charge in [-0.2, -0.15) is 0 Å². The Labute approximate surface area is 152 Å². The maximum Gasteiger partial charge on any atom is 0.255 e. The van der Waals surface area contributed by atoms with Crippen molar-refractivity contribution in [1.29, 1.82) is 0 Å². The van der Waals surface area contributed by atoms with E-state index in [1.165, 1.54) is 0 Å². The SMILES string of the molecule is CC1CC2(C)C(O)CCC2C2CC(O)(O)C3=C(O)C(=O)C(O)(O)CC3C12. The zero-order valence-electron chi connectivity index (χ0n) is 15.1. The number of rotatable bonds is 0. The summed E-state index contributed by atoms with van der Waals surface area (Å²) in [6.07, 6.45) is 1.37. The summed E-state index contributed by atoms with van der Waals surface area (Å²) in [5, 5.41) is 62.3. The average Bonchev–Trinajstić information content (AvgIpc) is 2.78. The van der Waals surface area contributed by atoms with Gasteiger partial charge < -0.3 is 30.6 Å². The number of carbonyl (C=O) groups is 1. The van der Waals surface area contributed by atoms with E-state index in [9.17, 15) is 35.4 Å². The largest absolute Gasteiger partial charge is 0.504 e. The molecule has 0 aromatic rings. The second kappa shape index (κ2) is 5.29. The van der Waals surface area contributed by atoms with Crippen molar-refractivity contribution in [2.24, 2.45) is 35.0 Å². The summed E-state index contributed by atoms with van der Waals surface area (Å²) in [7, 11) is 0. The molecule has 26 heavy (non-hydrogen) atoms. The molecule has 0 amide bonds. The molecule has 3 fully saturated rings. The summed E-state index contributed by atoms with van der Waals surface area (Å²) in [4.78, 5) is 12.0. The van der Waals surface area contributed by atoms with Gasteiger partial charge in [0.2, 0.25) is 5.79 Å². The maximum absolute atomic E-state index is 12.0. The van der Waals surface area contributed by atoms with Gasteiger partial charge in [0.1, 0.15) is 0 Å². The fourth-order valence-electron chi connectivity index (χ4n) is 6.97. The average molecular weight is 368 g/mol. The van der Waals surface area contributed by atoms with Crippen molar-refractivity contribution >= 4 is 5.78 Å². The number of carbonyl (C=O) groups excluding carboxylic acids is 1. The standard InChI is InChI=1S/C19H28O7/c1-8-5-17(2)11(3-4-12(17)20)9-6-18(23,24)14-10(13(8)9)7-19(25,26)16(22)15(14)21/h8-13,20-21,23-26H,3-7H2,1-2H3. The van der Waals surface area contributed by atoms with E-state index in [-0.39, 0.29) is 47.5 Å². The molecule has 6 N–H and O–H groups in total. The first-order chi connectivity index (χ1) is 11.9. The number of ketones is 1. The second-order valence-corrected chi connectivity index (χ2v) is 9.37. The molecule has 146 valence electrons. The van der Waals surface area contributed by atoms with Crippen LogP contribution in [0.4, 0.5) is 0 Å². The first kappa shape index (κ1) is 18.4. The van der Waals surface area contributed by atoms with E-state index in [4.69, 9.17) is 0 Å². The van der Waals surface area contributed by atoms with Gasteiger partial charge in [-0.3, -0.25) is 4.79 Å². The summed E-state index contributed by atoms with van der Waals surface area (Å²) >= 11 is 0. The van der Waals surface area contributed by atoms with Gasteiger partial charge in [-0.25, -0.2) is 0 Å². The lowest BCUT2D eigenvalue weighted by atomic mass is 9.47. The minimum Gasteiger partial charge on any atom is -0.504 e. The van der Waals surface area contributed by atoms with Crippen LogP contribution in [0.1, 0.15) is 46.0 Å². The van der Waals surface area contributed by atoms with Gasteiger partial charge >= 0.3 is 0 Å². The van der Waals surface area contributed by atoms with E-state index in [1.54, 1.807) is 0 Å². The van der Waals surface area contributed by atoms with Gasteiger partial charge in [0.15, 0.2) is 11.5 Å². The highest BCUT2D eigenvalue weighted by Gasteiger charge is 2.64. The Morgan fingerprint density at radius 1 is 1.00 bits per heavy atom. The van der Waals surface area contributed by atoms with Gasteiger partial charge in [0.25, 0.3) is 5.78 Å². The topological polar surface area (TPSA) is 138 Å². The van der Waals surface area contributed by atoms with E-state index in [2.05, 4.69) is 0 Å². The summed E-state index contributed by atoms with van der Waals surface area (Å²) in [6, 6.07) is 0. The number of hydrogen-bond donors (Lipinski definition) is 6. The molecular formula is C19H28O7. The fraction of sp³-hybridized carbons (Fsp3) is 0.842. The van der Waals surface area contributed by atoms with Crippen LogP contribution in [0.15, 0.2) is 11.3 Å². The third-order valence-corrected chi connectivity index (χ3v) is 7.91. The van der Waals surface area contributed by atoms with Crippen LogP contribution in [0.3, 0.4) is 0 Å². The molecule has 4 aliphatic carbocycles. The minimum absolute atomic E-state index is 0.0258. The third-order valence-electron chi connectivity index (χ3n) is 7.91. The number of aliphatic hydroxyl groups excluding tert-OH is 2. The quantitative estimate of drug-likeness (QED) is 0.336. The van der Waals surface area contributed by atoms with Crippen LogP contribution in [0.2, 0.25) is 0 Å². The van der Waals surface area contributed by atoms with Crippen LogP contribution in [0, 0.1) is 35.0 Å². The number of fused-ring (bicyclic) bond motifs is 5. The van der Waals surface area contributed by atoms with Crippen LogP contribution >= 0.6 is 0 Å². The monoisotopic (exact) mass is 368 g/mol. The Bertz CT molecular complexity index is 681. The lowest BCUT2D eigenvalue weighted by Crippen LogP contribution is -2.60. The van der Waals surface area contributed by atoms with Gasteiger partial charge in [-0.05, 0) is 54.3 Å². The molecule has 0 aliphatic heterocycles. The Kier molecular flexibility index (Phi) is 3.74. The zero-order chi connectivity index (χ0) is 19.2. The van der Waals surface area contributed by atoms with Crippen molar-refractivity contribution in [1.82, 2.24) is 0 Å². The lowest BCUT2D eigenvalue weighted by Gasteiger charge is -2.59. The van der Waals surface area contributed by atoms with Crippen LogP contribution in [-0.4, -0.2) is 54.1 Å². The van der Waals surface area contributed by atoms with Crippen LogP contribution < -0.4 is 0 Å². The molecule has 0 bridgehead atoms. The van der Waals surface area contributed by atoms with Crippen LogP contribution in [0.5, 0.6) is 0 Å². The van der Waals surface area contributed by atoms with Gasteiger partial charge in [0.05, 0.1) is 6.10 Å². The third kappa shape index (κ3) is 2.21. The highest BCUT2D eigenvalue weighted by Crippen LogP contribution is 2.65. The van der Waals surface area contributed by atoms with E-state index >= 15 is 0 Å². The molecule has 3 saturated carbocycles. The molecule has 7 atom stereocenters. The summed E-state index contributed by atoms with van der Waals surface area (Å²) in [6.45, 7) is 4.07. The van der Waals surface area contributed by atoms with Crippen LogP contribution in [0.25, 0.3) is 0 Å². The zero-order valence-corrected chi connectivity index (χ0v) is 15.1. The van der Waals surface area contributed by atoms with Crippen molar-refractivity contribution < 1.29 is 35.4 Å². The second-order valence-electron chi connectivity index (χ2n) is 9.37. The molecule has 7 nitrogen and oxygen atoms in total. The van der Waals surface area contributed by atoms with Crippen molar-refractivity contribution in [3.63, 3.8) is 0 Å². The van der Waals surface area contributed by atoms with Gasteiger partial charge in [0, 0.05) is 18.4 Å². The van der Waals surface area contributed by atoms with E-state index in [0.29, 0.717) is 6.42 Å². The van der Waals surface area contributed by atoms with Crippen molar-refractivity contribution in [2.75, 3.05) is 0 Å². The summed E-state index contributed by atoms with van der Waals surface area (Å²) in [5.41, 5.74) is -0.476. The van der Waals surface area contributed by atoms with Crippen molar-refractivity contribution in [2.45, 2.75) is 63.6 Å². The predicted octanol–water partition coefficient (Wildman–Crippen LogP) is 0.202. The van der Waals surface area contributed by atoms with E-state index in [0.717, 1.165) is 12.8 Å². The molecule has 0 saturated heterocycles. The predicted molar refractivity (Wildman–Crippen MR) is 89.3 cm³/mol. The molecule has 0 heterocycles. The molecule has 0 aromatic heterocycles. The summed E-state index contributed by atoms with van der Waals surface area (Å²) in [5.74, 6) is -8.07. The van der Waals surface area contributed by atoms with Gasteiger partial charge in [-0.1, -0.05) is 13.8 Å². The fourth-order valence-corrected chi connectivity index (χ4v) is 6.97. The molecule has 0 radical (unpaired) electrons. The van der Waals surface area contributed by atoms with Crippen molar-refractivity contribution in [3.8, 4) is 0 Å². The number of hydrogen-bond acceptors (Lipinski definition) is 7. The normalized spacial score (nSPS) is 49.4. The Balaban J connectivity index is 1.83. The molecule has 7 unspecified atom stereocenters. The lowest BCUT2D eigenvalue weighted by molar-refractivity contribution is -0.229. The molecule has 4 aliphatic rings. The highest BCUT2D eigenvalue weighted by molar-refractivity contribution is 6.00. The smallest absolute Gasteiger partial charge is 0.255 e. The Hall–Kier alpha value is -0.990. The van der Waals surface area contributed by atoms with Crippen LogP contribution in [-0.2, 0) is 4.79 Å². The molecule has 0 aromatic carbocycles. The first-order valence-electron chi connectivity index (χ1n) is 9.46. The first-order valence-corrected chi connectivity index (χ1v) is 9.46. The van der Waals surface area contributed by atoms with Crippen molar-refractivity contribution in [3.05, 3.63) is 11.3 Å². The summed E-state index contributed by atoms with van der Waals surface area (Å²) < 4.78 is 0. The van der Waals surface area contributed by atoms with E-state index in [1.807, 2.05) is 13.8 Å². The molecule has 4 rings (SSSR count). The minimum atomic E-state index is -2.70. The maximum atomic E-state index is 12.0. The number of aliphatic hydroxyl groups is 6. The molecule has 7 heteroatoms. The highest BCUT2D eigenvalue weighted by atomic mass is 16.5. The van der Waals surface area contributed by atoms with E-state index < -0.39 is 35.1 Å². The number of Topliss-reactive ketones (excluding diaryl/α,β-unsaturated/α-hetero) is 1.